The van der Waals surface area contributed by atoms with Gasteiger partial charge in [-0.3, -0.25) is 0 Å². The van der Waals surface area contributed by atoms with Gasteiger partial charge in [0, 0.05) is 32.0 Å². The molecule has 0 unspecified atom stereocenters. The van der Waals surface area contributed by atoms with Crippen molar-refractivity contribution in [2.24, 2.45) is 0 Å². The standard InChI is InChI=1S/C14H15N3O3/c1-17(2)9-4-3-5-10(8-9)20-13-12(15)11(14(18)19)6-7-16-13/h3-8H,15H2,1-2H3,(H,18,19). The molecule has 0 saturated carbocycles. The van der Waals surface area contributed by atoms with Gasteiger partial charge in [-0.05, 0) is 18.2 Å². The summed E-state index contributed by atoms with van der Waals surface area (Å²) in [4.78, 5) is 16.9. The van der Waals surface area contributed by atoms with E-state index in [0.29, 0.717) is 5.75 Å². The number of carboxylic acid groups (broad SMARTS) is 1. The third-order valence-electron chi connectivity index (χ3n) is 2.73. The van der Waals surface area contributed by atoms with Gasteiger partial charge >= 0.3 is 5.97 Å². The SMILES string of the molecule is CN(C)c1cccc(Oc2nccc(C(=O)O)c2N)c1. The fourth-order valence-corrected chi connectivity index (χ4v) is 1.66. The van der Waals surface area contributed by atoms with E-state index in [-0.39, 0.29) is 17.1 Å². The molecule has 2 aromatic rings. The van der Waals surface area contributed by atoms with Gasteiger partial charge in [0.15, 0.2) is 0 Å². The fourth-order valence-electron chi connectivity index (χ4n) is 1.66. The first-order valence-electron chi connectivity index (χ1n) is 5.92. The van der Waals surface area contributed by atoms with Crippen molar-refractivity contribution in [3.8, 4) is 11.6 Å². The maximum Gasteiger partial charge on any atom is 0.338 e. The fraction of sp³-hybridized carbons (Fsp3) is 0.143. The van der Waals surface area contributed by atoms with Gasteiger partial charge in [0.25, 0.3) is 0 Å². The van der Waals surface area contributed by atoms with E-state index in [1.54, 1.807) is 6.07 Å². The first kappa shape index (κ1) is 13.7. The number of nitrogens with two attached hydrogens (primary N) is 1. The van der Waals surface area contributed by atoms with E-state index in [1.165, 1.54) is 12.3 Å². The maximum absolute atomic E-state index is 11.0. The van der Waals surface area contributed by atoms with Gasteiger partial charge in [-0.2, -0.15) is 0 Å². The van der Waals surface area contributed by atoms with Crippen LogP contribution in [0.3, 0.4) is 0 Å². The molecule has 0 aliphatic heterocycles. The Labute approximate surface area is 116 Å². The van der Waals surface area contributed by atoms with Crippen molar-refractivity contribution < 1.29 is 14.6 Å². The molecule has 0 fully saturated rings. The van der Waals surface area contributed by atoms with Gasteiger partial charge in [-0.15, -0.1) is 0 Å². The quantitative estimate of drug-likeness (QED) is 0.888. The van der Waals surface area contributed by atoms with Crippen molar-refractivity contribution >= 4 is 17.3 Å². The monoisotopic (exact) mass is 273 g/mol. The largest absolute Gasteiger partial charge is 0.478 e. The zero-order valence-electron chi connectivity index (χ0n) is 11.2. The molecule has 1 aromatic carbocycles. The Hall–Kier alpha value is -2.76. The second-order valence-corrected chi connectivity index (χ2v) is 4.38. The number of rotatable bonds is 4. The molecule has 20 heavy (non-hydrogen) atoms. The van der Waals surface area contributed by atoms with Crippen LogP contribution < -0.4 is 15.4 Å². The molecule has 0 atom stereocenters. The second-order valence-electron chi connectivity index (χ2n) is 4.38. The van der Waals surface area contributed by atoms with Crippen LogP contribution >= 0.6 is 0 Å². The number of aromatic nitrogens is 1. The van der Waals surface area contributed by atoms with E-state index >= 15 is 0 Å². The molecule has 104 valence electrons. The lowest BCUT2D eigenvalue weighted by Crippen LogP contribution is -2.08. The smallest absolute Gasteiger partial charge is 0.338 e. The molecule has 0 saturated heterocycles. The molecule has 0 radical (unpaired) electrons. The van der Waals surface area contributed by atoms with Gasteiger partial charge in [0.05, 0.1) is 5.56 Å². The van der Waals surface area contributed by atoms with Crippen molar-refractivity contribution in [3.63, 3.8) is 0 Å². The predicted molar refractivity (Wildman–Crippen MR) is 76.5 cm³/mol. The second kappa shape index (κ2) is 5.48. The Balaban J connectivity index is 2.33. The number of benzene rings is 1. The predicted octanol–water partition coefficient (Wildman–Crippen LogP) is 2.22. The minimum absolute atomic E-state index is 0.00950. The Kier molecular flexibility index (Phi) is 3.74. The summed E-state index contributed by atoms with van der Waals surface area (Å²) in [6.07, 6.45) is 1.35. The molecule has 0 aliphatic rings. The summed E-state index contributed by atoms with van der Waals surface area (Å²) in [5, 5.41) is 9.00. The Morgan fingerprint density at radius 3 is 2.75 bits per heavy atom. The number of carboxylic acids is 1. The maximum atomic E-state index is 11.0. The van der Waals surface area contributed by atoms with E-state index in [0.717, 1.165) is 5.69 Å². The van der Waals surface area contributed by atoms with Crippen LogP contribution in [0.2, 0.25) is 0 Å². The summed E-state index contributed by atoms with van der Waals surface area (Å²) in [5.41, 5.74) is 6.69. The van der Waals surface area contributed by atoms with Gasteiger partial charge in [-0.1, -0.05) is 6.07 Å². The van der Waals surface area contributed by atoms with E-state index in [9.17, 15) is 4.79 Å². The number of carbonyl (C=O) groups is 1. The lowest BCUT2D eigenvalue weighted by Gasteiger charge is -2.14. The molecule has 6 nitrogen and oxygen atoms in total. The van der Waals surface area contributed by atoms with Crippen LogP contribution in [-0.2, 0) is 0 Å². The first-order chi connectivity index (χ1) is 9.49. The van der Waals surface area contributed by atoms with Gasteiger partial charge in [-0.25, -0.2) is 9.78 Å². The highest BCUT2D eigenvalue weighted by Crippen LogP contribution is 2.29. The zero-order chi connectivity index (χ0) is 14.7. The van der Waals surface area contributed by atoms with Gasteiger partial charge < -0.3 is 20.5 Å². The van der Waals surface area contributed by atoms with E-state index < -0.39 is 5.97 Å². The summed E-state index contributed by atoms with van der Waals surface area (Å²) in [7, 11) is 3.83. The number of pyridine rings is 1. The normalized spacial score (nSPS) is 10.1. The number of hydrogen-bond donors (Lipinski definition) is 2. The van der Waals surface area contributed by atoms with Crippen LogP contribution in [0, 0.1) is 0 Å². The topological polar surface area (TPSA) is 88.7 Å². The lowest BCUT2D eigenvalue weighted by atomic mass is 10.2. The number of nitrogens with zero attached hydrogens (tertiary/aromatic N) is 2. The molecular formula is C14H15N3O3. The summed E-state index contributed by atoms with van der Waals surface area (Å²) >= 11 is 0. The highest BCUT2D eigenvalue weighted by Gasteiger charge is 2.14. The number of ether oxygens (including phenoxy) is 1. The third kappa shape index (κ3) is 2.80. The van der Waals surface area contributed by atoms with Crippen molar-refractivity contribution in [3.05, 3.63) is 42.1 Å². The Morgan fingerprint density at radius 2 is 2.10 bits per heavy atom. The summed E-state index contributed by atoms with van der Waals surface area (Å²) in [5.74, 6) is -0.490. The van der Waals surface area contributed by atoms with Crippen LogP contribution in [-0.4, -0.2) is 30.2 Å². The number of hydrogen-bond acceptors (Lipinski definition) is 5. The third-order valence-corrected chi connectivity index (χ3v) is 2.73. The first-order valence-corrected chi connectivity index (χ1v) is 5.92. The van der Waals surface area contributed by atoms with Crippen molar-refractivity contribution in [1.29, 1.82) is 0 Å². The van der Waals surface area contributed by atoms with Crippen LogP contribution in [0.4, 0.5) is 11.4 Å². The molecule has 2 rings (SSSR count). The summed E-state index contributed by atoms with van der Waals surface area (Å²) in [6, 6.07) is 8.66. The number of nitrogen functional groups attached to an aromatic ring is 1. The molecule has 0 aliphatic carbocycles. The molecule has 6 heteroatoms. The van der Waals surface area contributed by atoms with Crippen LogP contribution in [0.5, 0.6) is 11.6 Å². The summed E-state index contributed by atoms with van der Waals surface area (Å²) < 4.78 is 5.56. The minimum atomic E-state index is -1.11. The van der Waals surface area contributed by atoms with Crippen LogP contribution in [0.1, 0.15) is 10.4 Å². The average molecular weight is 273 g/mol. The molecule has 3 N–H and O–H groups in total. The van der Waals surface area contributed by atoms with Crippen molar-refractivity contribution in [2.75, 3.05) is 24.7 Å². The molecular weight excluding hydrogens is 258 g/mol. The van der Waals surface area contributed by atoms with Gasteiger partial charge in [0.1, 0.15) is 11.4 Å². The van der Waals surface area contributed by atoms with Crippen LogP contribution in [0.25, 0.3) is 0 Å². The van der Waals surface area contributed by atoms with Gasteiger partial charge in [0.2, 0.25) is 5.88 Å². The molecule has 1 aromatic heterocycles. The Morgan fingerprint density at radius 1 is 1.35 bits per heavy atom. The van der Waals surface area contributed by atoms with Crippen molar-refractivity contribution in [1.82, 2.24) is 4.98 Å². The van der Waals surface area contributed by atoms with E-state index in [4.69, 9.17) is 15.6 Å². The highest BCUT2D eigenvalue weighted by atomic mass is 16.5. The van der Waals surface area contributed by atoms with E-state index in [1.807, 2.05) is 37.2 Å². The molecule has 0 spiro atoms. The molecule has 1 heterocycles. The van der Waals surface area contributed by atoms with E-state index in [2.05, 4.69) is 4.98 Å². The molecule has 0 bridgehead atoms. The zero-order valence-corrected chi connectivity index (χ0v) is 11.2. The molecule has 0 amide bonds. The average Bonchev–Trinajstić information content (AvgIpc) is 2.41. The summed E-state index contributed by atoms with van der Waals surface area (Å²) in [6.45, 7) is 0. The number of aromatic carboxylic acids is 1. The Bertz CT molecular complexity index is 641. The van der Waals surface area contributed by atoms with Crippen LogP contribution in [0.15, 0.2) is 36.5 Å². The van der Waals surface area contributed by atoms with Crippen molar-refractivity contribution in [2.45, 2.75) is 0 Å². The minimum Gasteiger partial charge on any atom is -0.478 e. The number of anilines is 2. The highest BCUT2D eigenvalue weighted by molar-refractivity contribution is 5.94. The lowest BCUT2D eigenvalue weighted by molar-refractivity contribution is 0.0697.